The zero-order valence-corrected chi connectivity index (χ0v) is 13.7. The van der Waals surface area contributed by atoms with E-state index in [1.807, 2.05) is 26.0 Å². The average Bonchev–Trinajstić information content (AvgIpc) is 2.57. The Morgan fingerprint density at radius 2 is 1.70 bits per heavy atom. The fraction of sp³-hybridized carbons (Fsp3) is 0.353. The largest absolute Gasteiger partial charge is 0.497 e. The number of aromatic nitrogens is 1. The van der Waals surface area contributed by atoms with Crippen LogP contribution < -0.4 is 14.2 Å². The Kier molecular flexibility index (Phi) is 7.80. The molecular formula is C17H21F2NO3. The maximum absolute atomic E-state index is 12.3. The molecule has 0 fully saturated rings. The molecule has 0 radical (unpaired) electrons. The lowest BCUT2D eigenvalue weighted by molar-refractivity contribution is -0.0520. The van der Waals surface area contributed by atoms with Crippen molar-refractivity contribution < 1.29 is 23.0 Å². The number of alkyl halides is 2. The van der Waals surface area contributed by atoms with Gasteiger partial charge >= 0.3 is 6.61 Å². The van der Waals surface area contributed by atoms with Crippen LogP contribution in [0.1, 0.15) is 25.1 Å². The number of methoxy groups -OCH3 is 1. The number of halogens is 2. The molecule has 0 bridgehead atoms. The first-order valence-electron chi connectivity index (χ1n) is 7.26. The van der Waals surface area contributed by atoms with Crippen LogP contribution in [0.2, 0.25) is 0 Å². The van der Waals surface area contributed by atoms with E-state index >= 15 is 0 Å². The van der Waals surface area contributed by atoms with Crippen molar-refractivity contribution in [1.29, 1.82) is 0 Å². The fourth-order valence-corrected chi connectivity index (χ4v) is 1.68. The quantitative estimate of drug-likeness (QED) is 0.778. The summed E-state index contributed by atoms with van der Waals surface area (Å²) in [5, 5.41) is 0. The molecule has 6 heteroatoms. The van der Waals surface area contributed by atoms with Crippen molar-refractivity contribution in [3.63, 3.8) is 0 Å². The van der Waals surface area contributed by atoms with Gasteiger partial charge in [0.2, 0.25) is 0 Å². The van der Waals surface area contributed by atoms with Crippen molar-refractivity contribution in [2.24, 2.45) is 0 Å². The SMILES string of the molecule is CC.COc1ccc(COc2nc(C)ccc2OC(F)F)cc1. The van der Waals surface area contributed by atoms with E-state index in [1.165, 1.54) is 6.07 Å². The van der Waals surface area contributed by atoms with E-state index < -0.39 is 6.61 Å². The maximum atomic E-state index is 12.3. The summed E-state index contributed by atoms with van der Waals surface area (Å²) in [7, 11) is 1.58. The average molecular weight is 325 g/mol. The van der Waals surface area contributed by atoms with Gasteiger partial charge in [-0.25, -0.2) is 4.98 Å². The minimum absolute atomic E-state index is 0.0473. The standard InChI is InChI=1S/C15H15F2NO3.C2H6/c1-10-3-8-13(21-15(16)17)14(18-10)20-9-11-4-6-12(19-2)7-5-11;1-2/h3-8,15H,9H2,1-2H3;1-2H3. The van der Waals surface area contributed by atoms with Gasteiger partial charge in [0.1, 0.15) is 12.4 Å². The van der Waals surface area contributed by atoms with Gasteiger partial charge in [-0.15, -0.1) is 0 Å². The lowest BCUT2D eigenvalue weighted by Crippen LogP contribution is -2.06. The Hall–Kier alpha value is -2.37. The van der Waals surface area contributed by atoms with Gasteiger partial charge in [-0.3, -0.25) is 0 Å². The second kappa shape index (κ2) is 9.61. The van der Waals surface area contributed by atoms with Crippen LogP contribution >= 0.6 is 0 Å². The first-order valence-corrected chi connectivity index (χ1v) is 7.26. The van der Waals surface area contributed by atoms with Gasteiger partial charge in [0, 0.05) is 5.69 Å². The Morgan fingerprint density at radius 3 is 2.26 bits per heavy atom. The van der Waals surface area contributed by atoms with E-state index in [1.54, 1.807) is 32.2 Å². The number of rotatable bonds is 6. The van der Waals surface area contributed by atoms with Crippen LogP contribution in [0.4, 0.5) is 8.78 Å². The highest BCUT2D eigenvalue weighted by Gasteiger charge is 2.12. The van der Waals surface area contributed by atoms with Crippen molar-refractivity contribution in [3.05, 3.63) is 47.7 Å². The summed E-state index contributed by atoms with van der Waals surface area (Å²) in [5.41, 5.74) is 1.52. The van der Waals surface area contributed by atoms with E-state index in [4.69, 9.17) is 9.47 Å². The van der Waals surface area contributed by atoms with E-state index in [2.05, 4.69) is 9.72 Å². The second-order valence-corrected chi connectivity index (χ2v) is 4.27. The monoisotopic (exact) mass is 325 g/mol. The lowest BCUT2D eigenvalue weighted by Gasteiger charge is -2.12. The van der Waals surface area contributed by atoms with Gasteiger partial charge in [0.15, 0.2) is 5.75 Å². The van der Waals surface area contributed by atoms with Crippen molar-refractivity contribution >= 4 is 0 Å². The number of hydrogen-bond donors (Lipinski definition) is 0. The molecule has 2 aromatic rings. The molecule has 0 aliphatic carbocycles. The molecule has 4 nitrogen and oxygen atoms in total. The number of benzene rings is 1. The van der Waals surface area contributed by atoms with Gasteiger partial charge in [-0.2, -0.15) is 8.78 Å². The van der Waals surface area contributed by atoms with Crippen LogP contribution in [-0.2, 0) is 6.61 Å². The zero-order chi connectivity index (χ0) is 17.2. The third kappa shape index (κ3) is 6.10. The summed E-state index contributed by atoms with van der Waals surface area (Å²) < 4.78 is 39.6. The summed E-state index contributed by atoms with van der Waals surface area (Å²) in [6.07, 6.45) is 0. The van der Waals surface area contributed by atoms with Crippen LogP contribution in [0.25, 0.3) is 0 Å². The molecule has 0 amide bonds. The predicted molar refractivity (Wildman–Crippen MR) is 84.3 cm³/mol. The van der Waals surface area contributed by atoms with Crippen LogP contribution in [0.3, 0.4) is 0 Å². The first kappa shape index (κ1) is 18.7. The minimum atomic E-state index is -2.92. The van der Waals surface area contributed by atoms with E-state index in [-0.39, 0.29) is 18.2 Å². The minimum Gasteiger partial charge on any atom is -0.497 e. The summed E-state index contributed by atoms with van der Waals surface area (Å²) in [4.78, 5) is 4.07. The highest BCUT2D eigenvalue weighted by atomic mass is 19.3. The topological polar surface area (TPSA) is 40.6 Å². The van der Waals surface area contributed by atoms with E-state index in [9.17, 15) is 8.78 Å². The molecule has 0 saturated heterocycles. The summed E-state index contributed by atoms with van der Waals surface area (Å²) in [6.45, 7) is 3.02. The Morgan fingerprint density at radius 1 is 1.04 bits per heavy atom. The number of nitrogens with zero attached hydrogens (tertiary/aromatic N) is 1. The molecule has 0 aliphatic heterocycles. The second-order valence-electron chi connectivity index (χ2n) is 4.27. The van der Waals surface area contributed by atoms with Crippen LogP contribution in [0.5, 0.6) is 17.4 Å². The molecule has 126 valence electrons. The third-order valence-corrected chi connectivity index (χ3v) is 2.72. The number of pyridine rings is 1. The van der Waals surface area contributed by atoms with Gasteiger partial charge < -0.3 is 14.2 Å². The van der Waals surface area contributed by atoms with Gasteiger partial charge in [0.05, 0.1) is 7.11 Å². The first-order chi connectivity index (χ1) is 11.1. The highest BCUT2D eigenvalue weighted by molar-refractivity contribution is 5.35. The van der Waals surface area contributed by atoms with Crippen molar-refractivity contribution in [2.45, 2.75) is 34.0 Å². The molecule has 0 N–H and O–H groups in total. The molecule has 0 atom stereocenters. The Bertz CT molecular complexity index is 589. The van der Waals surface area contributed by atoms with Gasteiger partial charge in [0.25, 0.3) is 5.88 Å². The third-order valence-electron chi connectivity index (χ3n) is 2.72. The van der Waals surface area contributed by atoms with Crippen LogP contribution in [0.15, 0.2) is 36.4 Å². The molecule has 0 aliphatic rings. The molecule has 23 heavy (non-hydrogen) atoms. The Balaban J connectivity index is 0.00000127. The summed E-state index contributed by atoms with van der Waals surface area (Å²) >= 11 is 0. The number of ether oxygens (including phenoxy) is 3. The summed E-state index contributed by atoms with van der Waals surface area (Å²) in [5.74, 6) is 0.699. The van der Waals surface area contributed by atoms with Crippen molar-refractivity contribution in [1.82, 2.24) is 4.98 Å². The molecule has 1 aromatic carbocycles. The molecule has 0 unspecified atom stereocenters. The van der Waals surface area contributed by atoms with Crippen LogP contribution in [-0.4, -0.2) is 18.7 Å². The van der Waals surface area contributed by atoms with Crippen molar-refractivity contribution in [3.8, 4) is 17.4 Å². The predicted octanol–water partition coefficient (Wildman–Crippen LogP) is 4.61. The molecule has 0 saturated carbocycles. The number of aryl methyl sites for hydroxylation is 1. The molecule has 0 spiro atoms. The smallest absolute Gasteiger partial charge is 0.387 e. The zero-order valence-electron chi connectivity index (χ0n) is 13.7. The number of hydrogen-bond acceptors (Lipinski definition) is 4. The summed E-state index contributed by atoms with van der Waals surface area (Å²) in [6, 6.07) is 10.2. The van der Waals surface area contributed by atoms with E-state index in [0.29, 0.717) is 5.69 Å². The van der Waals surface area contributed by atoms with Crippen LogP contribution in [0, 0.1) is 6.92 Å². The molecule has 1 heterocycles. The van der Waals surface area contributed by atoms with Crippen molar-refractivity contribution in [2.75, 3.05) is 7.11 Å². The lowest BCUT2D eigenvalue weighted by atomic mass is 10.2. The fourth-order valence-electron chi connectivity index (χ4n) is 1.68. The maximum Gasteiger partial charge on any atom is 0.387 e. The normalized spacial score (nSPS) is 9.87. The van der Waals surface area contributed by atoms with Gasteiger partial charge in [-0.05, 0) is 36.8 Å². The Labute approximate surface area is 135 Å². The molecular weight excluding hydrogens is 304 g/mol. The van der Waals surface area contributed by atoms with Gasteiger partial charge in [-0.1, -0.05) is 26.0 Å². The highest BCUT2D eigenvalue weighted by Crippen LogP contribution is 2.27. The molecule has 1 aromatic heterocycles. The van der Waals surface area contributed by atoms with E-state index in [0.717, 1.165) is 11.3 Å². The molecule has 2 rings (SSSR count).